The number of rotatable bonds is 2. The van der Waals surface area contributed by atoms with Gasteiger partial charge in [0.15, 0.2) is 0 Å². The Hall–Kier alpha value is -2.10. The van der Waals surface area contributed by atoms with Crippen LogP contribution in [0.1, 0.15) is 11.1 Å². The van der Waals surface area contributed by atoms with Gasteiger partial charge < -0.3 is 0 Å². The summed E-state index contributed by atoms with van der Waals surface area (Å²) in [6.07, 6.45) is -3.44. The van der Waals surface area contributed by atoms with Crippen molar-refractivity contribution in [2.45, 2.75) is 6.18 Å². The molecule has 19 heavy (non-hydrogen) atoms. The summed E-state index contributed by atoms with van der Waals surface area (Å²) in [7, 11) is 0. The molecule has 2 aromatic rings. The molecule has 98 valence electrons. The van der Waals surface area contributed by atoms with Gasteiger partial charge in [-0.1, -0.05) is 42.5 Å². The fourth-order valence-corrected chi connectivity index (χ4v) is 1.67. The first kappa shape index (κ1) is 13.3. The number of halogens is 4. The molecule has 0 fully saturated rings. The minimum Gasteiger partial charge on any atom is -0.207 e. The number of alkyl halides is 3. The van der Waals surface area contributed by atoms with Crippen molar-refractivity contribution in [3.05, 3.63) is 71.5 Å². The van der Waals surface area contributed by atoms with Crippen molar-refractivity contribution < 1.29 is 17.6 Å². The number of hydrogen-bond donors (Lipinski definition) is 0. The van der Waals surface area contributed by atoms with Gasteiger partial charge in [0.05, 0.1) is 5.57 Å². The van der Waals surface area contributed by atoms with E-state index in [0.29, 0.717) is 5.56 Å². The average molecular weight is 266 g/mol. The molecule has 4 heteroatoms. The number of allylic oxidation sites excluding steroid dienone is 1. The molecule has 0 saturated carbocycles. The summed E-state index contributed by atoms with van der Waals surface area (Å²) >= 11 is 0. The SMILES string of the molecule is Fc1ccc(/C(=C/c2ccccc2)C(F)(F)F)cc1. The Kier molecular flexibility index (Phi) is 3.69. The maximum atomic E-state index is 13.0. The molecule has 0 bridgehead atoms. The summed E-state index contributed by atoms with van der Waals surface area (Å²) in [5.41, 5.74) is -0.407. The van der Waals surface area contributed by atoms with Crippen LogP contribution in [0.3, 0.4) is 0 Å². The highest BCUT2D eigenvalue weighted by Crippen LogP contribution is 2.35. The van der Waals surface area contributed by atoms with Crippen LogP contribution in [0.15, 0.2) is 54.6 Å². The summed E-state index contributed by atoms with van der Waals surface area (Å²) in [6.45, 7) is 0. The number of hydrogen-bond acceptors (Lipinski definition) is 0. The Morgan fingerprint density at radius 2 is 1.42 bits per heavy atom. The van der Waals surface area contributed by atoms with Crippen molar-refractivity contribution in [3.8, 4) is 0 Å². The van der Waals surface area contributed by atoms with Gasteiger partial charge in [0, 0.05) is 0 Å². The number of benzene rings is 2. The van der Waals surface area contributed by atoms with E-state index in [1.165, 1.54) is 0 Å². The van der Waals surface area contributed by atoms with E-state index >= 15 is 0 Å². The summed E-state index contributed by atoms with van der Waals surface area (Å²) < 4.78 is 51.9. The predicted molar refractivity (Wildman–Crippen MR) is 66.8 cm³/mol. The quantitative estimate of drug-likeness (QED) is 0.534. The molecule has 0 amide bonds. The molecule has 0 saturated heterocycles. The fraction of sp³-hybridized carbons (Fsp3) is 0.0667. The average Bonchev–Trinajstić information content (AvgIpc) is 2.37. The largest absolute Gasteiger partial charge is 0.417 e. The molecule has 0 heterocycles. The zero-order valence-corrected chi connectivity index (χ0v) is 9.79. The zero-order chi connectivity index (χ0) is 13.9. The van der Waals surface area contributed by atoms with Crippen molar-refractivity contribution in [1.29, 1.82) is 0 Å². The molecule has 2 rings (SSSR count). The molecule has 0 radical (unpaired) electrons. The molecular weight excluding hydrogens is 256 g/mol. The summed E-state index contributed by atoms with van der Waals surface area (Å²) in [6, 6.07) is 12.5. The standard InChI is InChI=1S/C15H10F4/c16-13-8-6-12(7-9-13)14(15(17,18)19)10-11-4-2-1-3-5-11/h1-10H/b14-10-. The van der Waals surface area contributed by atoms with Gasteiger partial charge >= 0.3 is 6.18 Å². The molecule has 0 aliphatic rings. The second kappa shape index (κ2) is 5.26. The minimum absolute atomic E-state index is 0.0576. The van der Waals surface area contributed by atoms with Gasteiger partial charge in [-0.25, -0.2) is 4.39 Å². The van der Waals surface area contributed by atoms with E-state index in [4.69, 9.17) is 0 Å². The van der Waals surface area contributed by atoms with Gasteiger partial charge in [0.1, 0.15) is 5.82 Å². The second-order valence-corrected chi connectivity index (χ2v) is 3.97. The summed E-state index contributed by atoms with van der Waals surface area (Å²) in [5, 5.41) is 0. The van der Waals surface area contributed by atoms with Crippen molar-refractivity contribution in [2.24, 2.45) is 0 Å². The first-order chi connectivity index (χ1) is 8.97. The predicted octanol–water partition coefficient (Wildman–Crippen LogP) is 4.93. The molecule has 0 aliphatic carbocycles. The second-order valence-electron chi connectivity index (χ2n) is 3.97. The van der Waals surface area contributed by atoms with Crippen LogP contribution >= 0.6 is 0 Å². The lowest BCUT2D eigenvalue weighted by Crippen LogP contribution is -2.10. The van der Waals surface area contributed by atoms with Crippen molar-refractivity contribution in [1.82, 2.24) is 0 Å². The Bertz CT molecular complexity index is 565. The van der Waals surface area contributed by atoms with E-state index in [2.05, 4.69) is 0 Å². The van der Waals surface area contributed by atoms with Gasteiger partial charge in [-0.2, -0.15) is 13.2 Å². The van der Waals surface area contributed by atoms with Crippen LogP contribution in [0.4, 0.5) is 17.6 Å². The van der Waals surface area contributed by atoms with E-state index in [1.54, 1.807) is 30.3 Å². The highest BCUT2D eigenvalue weighted by molar-refractivity contribution is 5.84. The lowest BCUT2D eigenvalue weighted by molar-refractivity contribution is -0.0683. The van der Waals surface area contributed by atoms with Crippen LogP contribution in [0.2, 0.25) is 0 Å². The van der Waals surface area contributed by atoms with Gasteiger partial charge in [-0.05, 0) is 29.3 Å². The molecule has 0 atom stereocenters. The molecule has 0 unspecified atom stereocenters. The van der Waals surface area contributed by atoms with Crippen molar-refractivity contribution in [3.63, 3.8) is 0 Å². The van der Waals surface area contributed by atoms with E-state index < -0.39 is 17.6 Å². The zero-order valence-electron chi connectivity index (χ0n) is 9.79. The highest BCUT2D eigenvalue weighted by atomic mass is 19.4. The van der Waals surface area contributed by atoms with Crippen LogP contribution < -0.4 is 0 Å². The molecule has 2 aromatic carbocycles. The van der Waals surface area contributed by atoms with E-state index in [1.807, 2.05) is 0 Å². The Morgan fingerprint density at radius 3 is 1.95 bits per heavy atom. The molecule has 0 nitrogen and oxygen atoms in total. The minimum atomic E-state index is -4.49. The Balaban J connectivity index is 2.48. The fourth-order valence-electron chi connectivity index (χ4n) is 1.67. The van der Waals surface area contributed by atoms with E-state index in [-0.39, 0.29) is 5.56 Å². The van der Waals surface area contributed by atoms with Gasteiger partial charge in [0.25, 0.3) is 0 Å². The topological polar surface area (TPSA) is 0 Å². The molecule has 0 spiro atoms. The van der Waals surface area contributed by atoms with Crippen LogP contribution in [-0.2, 0) is 0 Å². The highest BCUT2D eigenvalue weighted by Gasteiger charge is 2.34. The van der Waals surface area contributed by atoms with Crippen molar-refractivity contribution >= 4 is 11.6 Å². The molecule has 0 aromatic heterocycles. The smallest absolute Gasteiger partial charge is 0.207 e. The van der Waals surface area contributed by atoms with Crippen LogP contribution in [0.5, 0.6) is 0 Å². The third-order valence-electron chi connectivity index (χ3n) is 2.57. The first-order valence-corrected chi connectivity index (χ1v) is 5.57. The van der Waals surface area contributed by atoms with Crippen LogP contribution in [-0.4, -0.2) is 6.18 Å². The van der Waals surface area contributed by atoms with Gasteiger partial charge in [-0.3, -0.25) is 0 Å². The first-order valence-electron chi connectivity index (χ1n) is 5.57. The monoisotopic (exact) mass is 266 g/mol. The lowest BCUT2D eigenvalue weighted by atomic mass is 10.0. The Labute approximate surface area is 108 Å². The van der Waals surface area contributed by atoms with Crippen LogP contribution in [0, 0.1) is 5.82 Å². The molecular formula is C15H10F4. The molecule has 0 aliphatic heterocycles. The van der Waals surface area contributed by atoms with Gasteiger partial charge in [0.2, 0.25) is 0 Å². The molecule has 0 N–H and O–H groups in total. The Morgan fingerprint density at radius 1 is 0.842 bits per heavy atom. The third kappa shape index (κ3) is 3.44. The van der Waals surface area contributed by atoms with Crippen LogP contribution in [0.25, 0.3) is 11.6 Å². The normalized spacial score (nSPS) is 12.5. The maximum Gasteiger partial charge on any atom is 0.417 e. The van der Waals surface area contributed by atoms with Crippen molar-refractivity contribution in [2.75, 3.05) is 0 Å². The summed E-state index contributed by atoms with van der Waals surface area (Å²) in [4.78, 5) is 0. The van der Waals surface area contributed by atoms with Gasteiger partial charge in [-0.15, -0.1) is 0 Å². The lowest BCUT2D eigenvalue weighted by Gasteiger charge is -2.12. The maximum absolute atomic E-state index is 13.0. The summed E-state index contributed by atoms with van der Waals surface area (Å²) in [5.74, 6) is -0.565. The third-order valence-corrected chi connectivity index (χ3v) is 2.57. The van der Waals surface area contributed by atoms with E-state index in [9.17, 15) is 17.6 Å². The van der Waals surface area contributed by atoms with E-state index in [0.717, 1.165) is 30.3 Å².